The van der Waals surface area contributed by atoms with Crippen molar-refractivity contribution in [2.24, 2.45) is 0 Å². The van der Waals surface area contributed by atoms with Crippen molar-refractivity contribution >= 4 is 35.0 Å². The van der Waals surface area contributed by atoms with E-state index in [2.05, 4.69) is 10.6 Å². The number of benzene rings is 1. The molecule has 0 radical (unpaired) electrons. The van der Waals surface area contributed by atoms with Gasteiger partial charge in [0.1, 0.15) is 5.75 Å². The van der Waals surface area contributed by atoms with Gasteiger partial charge in [-0.1, -0.05) is 23.2 Å². The second-order valence-electron chi connectivity index (χ2n) is 4.36. The lowest BCUT2D eigenvalue weighted by atomic mass is 10.3. The molecule has 0 spiro atoms. The third kappa shape index (κ3) is 6.12. The topological polar surface area (TPSA) is 67.4 Å². The average molecular weight is 319 g/mol. The van der Waals surface area contributed by atoms with Crippen molar-refractivity contribution in [2.45, 2.75) is 19.9 Å². The van der Waals surface area contributed by atoms with Gasteiger partial charge in [0, 0.05) is 11.1 Å². The molecular formula is C13H16Cl2N2O3. The molecule has 0 aliphatic carbocycles. The van der Waals surface area contributed by atoms with Gasteiger partial charge >= 0.3 is 0 Å². The van der Waals surface area contributed by atoms with Crippen LogP contribution < -0.4 is 15.4 Å². The number of hydrogen-bond donors (Lipinski definition) is 2. The first-order valence-electron chi connectivity index (χ1n) is 6.02. The number of halogens is 2. The van der Waals surface area contributed by atoms with Crippen LogP contribution >= 0.6 is 23.2 Å². The fraction of sp³-hybridized carbons (Fsp3) is 0.385. The maximum absolute atomic E-state index is 11.5. The first-order chi connectivity index (χ1) is 9.38. The molecule has 0 aliphatic heterocycles. The Labute approximate surface area is 127 Å². The highest BCUT2D eigenvalue weighted by Crippen LogP contribution is 2.27. The van der Waals surface area contributed by atoms with Crippen molar-refractivity contribution in [3.8, 4) is 5.75 Å². The quantitative estimate of drug-likeness (QED) is 0.843. The normalized spacial score (nSPS) is 10.2. The van der Waals surface area contributed by atoms with Crippen LogP contribution in [0.25, 0.3) is 0 Å². The Kier molecular flexibility index (Phi) is 6.61. The van der Waals surface area contributed by atoms with E-state index in [4.69, 9.17) is 27.9 Å². The summed E-state index contributed by atoms with van der Waals surface area (Å²) in [4.78, 5) is 22.8. The van der Waals surface area contributed by atoms with Gasteiger partial charge in [-0.15, -0.1) is 0 Å². The molecule has 1 aromatic carbocycles. The van der Waals surface area contributed by atoms with Crippen LogP contribution in [-0.4, -0.2) is 31.0 Å². The van der Waals surface area contributed by atoms with Gasteiger partial charge in [-0.2, -0.15) is 0 Å². The molecule has 2 amide bonds. The number of carbonyl (C=O) groups excluding carboxylic acids is 2. The molecule has 0 aromatic heterocycles. The lowest BCUT2D eigenvalue weighted by Gasteiger charge is -2.10. The van der Waals surface area contributed by atoms with Gasteiger partial charge in [0.05, 0.1) is 11.6 Å². The van der Waals surface area contributed by atoms with Crippen molar-refractivity contribution in [3.05, 3.63) is 28.2 Å². The van der Waals surface area contributed by atoms with Gasteiger partial charge in [0.25, 0.3) is 5.91 Å². The Hall–Kier alpha value is -1.46. The monoisotopic (exact) mass is 318 g/mol. The molecule has 1 aromatic rings. The summed E-state index contributed by atoms with van der Waals surface area (Å²) in [6.45, 7) is 3.36. The Morgan fingerprint density at radius 1 is 1.25 bits per heavy atom. The summed E-state index contributed by atoms with van der Waals surface area (Å²) in [5, 5.41) is 5.91. The van der Waals surface area contributed by atoms with Crippen molar-refractivity contribution in [1.82, 2.24) is 10.6 Å². The number of rotatable bonds is 6. The number of amides is 2. The van der Waals surface area contributed by atoms with Crippen LogP contribution in [0.3, 0.4) is 0 Å². The highest BCUT2D eigenvalue weighted by molar-refractivity contribution is 6.35. The molecule has 0 unspecified atom stereocenters. The predicted octanol–water partition coefficient (Wildman–Crippen LogP) is 2.01. The Bertz CT molecular complexity index is 493. The van der Waals surface area contributed by atoms with Gasteiger partial charge in [0.15, 0.2) is 6.61 Å². The molecule has 20 heavy (non-hydrogen) atoms. The molecule has 7 heteroatoms. The number of hydrogen-bond acceptors (Lipinski definition) is 3. The van der Waals surface area contributed by atoms with Crippen molar-refractivity contribution in [1.29, 1.82) is 0 Å². The molecule has 0 heterocycles. The summed E-state index contributed by atoms with van der Waals surface area (Å²) in [6.07, 6.45) is 0. The fourth-order valence-electron chi connectivity index (χ4n) is 1.34. The lowest BCUT2D eigenvalue weighted by molar-refractivity contribution is -0.127. The molecule has 0 bridgehead atoms. The van der Waals surface area contributed by atoms with Gasteiger partial charge in [0.2, 0.25) is 5.91 Å². The van der Waals surface area contributed by atoms with E-state index in [1.54, 1.807) is 12.1 Å². The van der Waals surface area contributed by atoms with Crippen molar-refractivity contribution in [3.63, 3.8) is 0 Å². The van der Waals surface area contributed by atoms with Crippen LogP contribution in [0.4, 0.5) is 0 Å². The maximum atomic E-state index is 11.5. The summed E-state index contributed by atoms with van der Waals surface area (Å²) >= 11 is 11.6. The zero-order chi connectivity index (χ0) is 15.1. The van der Waals surface area contributed by atoms with E-state index in [9.17, 15) is 9.59 Å². The number of carbonyl (C=O) groups is 2. The first kappa shape index (κ1) is 16.6. The summed E-state index contributed by atoms with van der Waals surface area (Å²) in [7, 11) is 0. The molecule has 0 fully saturated rings. The summed E-state index contributed by atoms with van der Waals surface area (Å²) in [5.74, 6) is -0.300. The molecular weight excluding hydrogens is 303 g/mol. The van der Waals surface area contributed by atoms with Crippen LogP contribution in [0.15, 0.2) is 18.2 Å². The average Bonchev–Trinajstić information content (AvgIpc) is 2.34. The minimum absolute atomic E-state index is 0.0310. The lowest BCUT2D eigenvalue weighted by Crippen LogP contribution is -2.41. The maximum Gasteiger partial charge on any atom is 0.258 e. The third-order valence-corrected chi connectivity index (χ3v) is 2.68. The zero-order valence-electron chi connectivity index (χ0n) is 11.2. The molecule has 5 nitrogen and oxygen atoms in total. The molecule has 0 aliphatic rings. The van der Waals surface area contributed by atoms with E-state index in [1.165, 1.54) is 6.07 Å². The van der Waals surface area contributed by atoms with E-state index in [0.29, 0.717) is 15.8 Å². The smallest absolute Gasteiger partial charge is 0.258 e. The number of ether oxygens (including phenoxy) is 1. The van der Waals surface area contributed by atoms with Gasteiger partial charge < -0.3 is 15.4 Å². The molecule has 2 N–H and O–H groups in total. The van der Waals surface area contributed by atoms with Crippen LogP contribution in [0.2, 0.25) is 10.0 Å². The van der Waals surface area contributed by atoms with Crippen LogP contribution in [0, 0.1) is 0 Å². The minimum atomic E-state index is -0.407. The highest BCUT2D eigenvalue weighted by Gasteiger charge is 2.08. The second kappa shape index (κ2) is 7.97. The first-order valence-corrected chi connectivity index (χ1v) is 6.78. The summed E-state index contributed by atoms with van der Waals surface area (Å²) in [5.41, 5.74) is 0. The number of nitrogens with one attached hydrogen (secondary N) is 2. The SMILES string of the molecule is CC(C)NC(=O)CNC(=O)COc1ccc(Cl)cc1Cl. The van der Waals surface area contributed by atoms with Gasteiger partial charge in [-0.3, -0.25) is 9.59 Å². The third-order valence-electron chi connectivity index (χ3n) is 2.15. The predicted molar refractivity (Wildman–Crippen MR) is 78.2 cm³/mol. The van der Waals surface area contributed by atoms with Gasteiger partial charge in [-0.05, 0) is 32.0 Å². The van der Waals surface area contributed by atoms with E-state index < -0.39 is 5.91 Å². The van der Waals surface area contributed by atoms with Crippen LogP contribution in [-0.2, 0) is 9.59 Å². The summed E-state index contributed by atoms with van der Waals surface area (Å²) in [6, 6.07) is 4.73. The Morgan fingerprint density at radius 3 is 2.55 bits per heavy atom. The van der Waals surface area contributed by atoms with E-state index in [-0.39, 0.29) is 25.1 Å². The highest BCUT2D eigenvalue weighted by atomic mass is 35.5. The van der Waals surface area contributed by atoms with E-state index in [0.717, 1.165) is 0 Å². The molecule has 0 saturated heterocycles. The molecule has 0 saturated carbocycles. The zero-order valence-corrected chi connectivity index (χ0v) is 12.7. The molecule has 110 valence electrons. The largest absolute Gasteiger partial charge is 0.482 e. The standard InChI is InChI=1S/C13H16Cl2N2O3/c1-8(2)17-12(18)6-16-13(19)7-20-11-4-3-9(14)5-10(11)15/h3-5,8H,6-7H2,1-2H3,(H,16,19)(H,17,18). The second-order valence-corrected chi connectivity index (χ2v) is 5.21. The summed E-state index contributed by atoms with van der Waals surface area (Å²) < 4.78 is 5.23. The van der Waals surface area contributed by atoms with E-state index in [1.807, 2.05) is 13.8 Å². The van der Waals surface area contributed by atoms with Crippen molar-refractivity contribution < 1.29 is 14.3 Å². The van der Waals surface area contributed by atoms with Gasteiger partial charge in [-0.25, -0.2) is 0 Å². The molecule has 0 atom stereocenters. The van der Waals surface area contributed by atoms with E-state index >= 15 is 0 Å². The fourth-order valence-corrected chi connectivity index (χ4v) is 1.80. The van der Waals surface area contributed by atoms with Crippen molar-refractivity contribution in [2.75, 3.05) is 13.2 Å². The van der Waals surface area contributed by atoms with Crippen LogP contribution in [0.5, 0.6) is 5.75 Å². The van der Waals surface area contributed by atoms with Crippen LogP contribution in [0.1, 0.15) is 13.8 Å². The Balaban J connectivity index is 2.34. The molecule has 1 rings (SSSR count). The minimum Gasteiger partial charge on any atom is -0.482 e. The Morgan fingerprint density at radius 2 is 1.95 bits per heavy atom.